The second-order valence-corrected chi connectivity index (χ2v) is 7.82. The van der Waals surface area contributed by atoms with Crippen LogP contribution in [-0.2, 0) is 4.79 Å². The lowest BCUT2D eigenvalue weighted by atomic mass is 9.79. The Hall–Kier alpha value is -1.76. The maximum atomic E-state index is 12.3. The topological polar surface area (TPSA) is 82.0 Å². The molecule has 0 unspecified atom stereocenters. The molecule has 0 atom stereocenters. The molecule has 1 aliphatic heterocycles. The molecule has 0 spiro atoms. The van der Waals surface area contributed by atoms with Gasteiger partial charge in [0.2, 0.25) is 5.91 Å². The Kier molecular flexibility index (Phi) is 7.10. The zero-order chi connectivity index (χ0) is 18.8. The monoisotopic (exact) mass is 384 g/mol. The summed E-state index contributed by atoms with van der Waals surface area (Å²) in [5.41, 5.74) is -0.0581. The fraction of sp³-hybridized carbons (Fsp3) is 0.526. The molecule has 3 N–H and O–H groups in total. The molecule has 146 valence electrons. The van der Waals surface area contributed by atoms with E-state index in [-0.39, 0.29) is 30.1 Å². The first-order valence-corrected chi connectivity index (χ1v) is 8.40. The molecular weight excluding hydrogens is 356 g/mol. The third kappa shape index (κ3) is 5.13. The van der Waals surface area contributed by atoms with Gasteiger partial charge < -0.3 is 20.4 Å². The van der Waals surface area contributed by atoms with Crippen molar-refractivity contribution < 1.29 is 19.8 Å². The van der Waals surface area contributed by atoms with Crippen LogP contribution < -0.4 is 10.1 Å². The van der Waals surface area contributed by atoms with Crippen molar-refractivity contribution in [3.63, 3.8) is 0 Å². The Morgan fingerprint density at radius 3 is 2.38 bits per heavy atom. The highest BCUT2D eigenvalue weighted by Gasteiger charge is 2.45. The van der Waals surface area contributed by atoms with Crippen molar-refractivity contribution in [2.75, 3.05) is 7.11 Å². The summed E-state index contributed by atoms with van der Waals surface area (Å²) in [7, 11) is 1.48. The lowest BCUT2D eigenvalue weighted by Gasteiger charge is -2.51. The van der Waals surface area contributed by atoms with Crippen LogP contribution in [-0.4, -0.2) is 45.5 Å². The summed E-state index contributed by atoms with van der Waals surface area (Å²) >= 11 is 0. The largest absolute Gasteiger partial charge is 0.504 e. The average molecular weight is 385 g/mol. The minimum absolute atomic E-state index is 0. The van der Waals surface area contributed by atoms with Crippen molar-refractivity contribution in [2.24, 2.45) is 0 Å². The minimum Gasteiger partial charge on any atom is -0.504 e. The van der Waals surface area contributed by atoms with Gasteiger partial charge in [-0.1, -0.05) is 6.07 Å². The Morgan fingerprint density at radius 1 is 1.27 bits per heavy atom. The first-order chi connectivity index (χ1) is 11.5. The summed E-state index contributed by atoms with van der Waals surface area (Å²) in [5, 5.41) is 24.3. The highest BCUT2D eigenvalue weighted by atomic mass is 35.5. The fourth-order valence-corrected chi connectivity index (χ4v) is 3.59. The summed E-state index contributed by atoms with van der Waals surface area (Å²) < 4.78 is 5.06. The third-order valence-corrected chi connectivity index (χ3v) is 4.62. The van der Waals surface area contributed by atoms with Crippen LogP contribution in [0, 0.1) is 0 Å². The van der Waals surface area contributed by atoms with Crippen molar-refractivity contribution in [3.05, 3.63) is 29.8 Å². The van der Waals surface area contributed by atoms with Crippen LogP contribution in [0.2, 0.25) is 0 Å². The van der Waals surface area contributed by atoms with E-state index in [1.807, 2.05) is 27.7 Å². The first kappa shape index (κ1) is 22.3. The van der Waals surface area contributed by atoms with E-state index in [9.17, 15) is 15.1 Å². The number of hydrogen-bond acceptors (Lipinski definition) is 5. The fourth-order valence-electron chi connectivity index (χ4n) is 3.59. The molecule has 0 aromatic heterocycles. The van der Waals surface area contributed by atoms with E-state index in [4.69, 9.17) is 4.74 Å². The summed E-state index contributed by atoms with van der Waals surface area (Å²) in [4.78, 5) is 12.3. The molecule has 0 aliphatic carbocycles. The van der Waals surface area contributed by atoms with E-state index in [2.05, 4.69) is 5.32 Å². The number of carbonyl (C=O) groups is 1. The van der Waals surface area contributed by atoms with E-state index in [1.54, 1.807) is 18.2 Å². The number of methoxy groups -OCH3 is 1. The van der Waals surface area contributed by atoms with Gasteiger partial charge in [0, 0.05) is 23.2 Å². The van der Waals surface area contributed by atoms with E-state index in [0.29, 0.717) is 18.6 Å². The van der Waals surface area contributed by atoms with Crippen LogP contribution in [0.15, 0.2) is 24.3 Å². The van der Waals surface area contributed by atoms with Gasteiger partial charge in [-0.25, -0.2) is 0 Å². The predicted molar refractivity (Wildman–Crippen MR) is 104 cm³/mol. The molecule has 1 aliphatic rings. The van der Waals surface area contributed by atoms with Crippen molar-refractivity contribution in [2.45, 2.75) is 57.7 Å². The number of phenols is 1. The van der Waals surface area contributed by atoms with E-state index in [0.717, 1.165) is 5.56 Å². The molecule has 1 aromatic rings. The Labute approximate surface area is 161 Å². The van der Waals surface area contributed by atoms with Crippen LogP contribution in [0.1, 0.15) is 46.1 Å². The number of benzene rings is 1. The number of piperidine rings is 1. The zero-order valence-corrected chi connectivity index (χ0v) is 16.8. The molecule has 1 amide bonds. The van der Waals surface area contributed by atoms with Gasteiger partial charge in [-0.2, -0.15) is 5.06 Å². The van der Waals surface area contributed by atoms with Crippen molar-refractivity contribution in [3.8, 4) is 11.5 Å². The number of amides is 1. The molecule has 1 heterocycles. The SMILES string of the molecule is COc1cc(/C=C/C(=O)NC2CC(C)(C)N(O)C(C)(C)C2)ccc1O.Cl. The molecule has 2 rings (SSSR count). The van der Waals surface area contributed by atoms with Crippen LogP contribution in [0.25, 0.3) is 6.08 Å². The van der Waals surface area contributed by atoms with Crippen LogP contribution >= 0.6 is 12.4 Å². The van der Waals surface area contributed by atoms with Gasteiger partial charge in [-0.05, 0) is 64.3 Å². The van der Waals surface area contributed by atoms with Gasteiger partial charge in [-0.15, -0.1) is 12.4 Å². The molecule has 0 radical (unpaired) electrons. The van der Waals surface area contributed by atoms with Gasteiger partial charge >= 0.3 is 0 Å². The number of nitrogens with one attached hydrogen (secondary N) is 1. The number of halogens is 1. The number of hydroxylamine groups is 2. The number of aromatic hydroxyl groups is 1. The molecular formula is C19H29ClN2O4. The van der Waals surface area contributed by atoms with E-state index < -0.39 is 11.1 Å². The molecule has 0 bridgehead atoms. The average Bonchev–Trinajstić information content (AvgIpc) is 2.51. The molecule has 1 fully saturated rings. The van der Waals surface area contributed by atoms with Crippen molar-refractivity contribution in [1.82, 2.24) is 10.4 Å². The minimum atomic E-state index is -0.409. The van der Waals surface area contributed by atoms with E-state index >= 15 is 0 Å². The van der Waals surface area contributed by atoms with Crippen molar-refractivity contribution in [1.29, 1.82) is 0 Å². The molecule has 6 nitrogen and oxygen atoms in total. The predicted octanol–water partition coefficient (Wildman–Crippen LogP) is 3.36. The highest BCUT2D eigenvalue weighted by Crippen LogP contribution is 2.36. The smallest absolute Gasteiger partial charge is 0.244 e. The Balaban J connectivity index is 0.00000338. The molecule has 26 heavy (non-hydrogen) atoms. The highest BCUT2D eigenvalue weighted by molar-refractivity contribution is 5.92. The molecule has 1 saturated heterocycles. The number of nitrogens with zero attached hydrogens (tertiary/aromatic N) is 1. The van der Waals surface area contributed by atoms with Gasteiger partial charge in [0.05, 0.1) is 7.11 Å². The number of carbonyl (C=O) groups excluding carboxylic acids is 1. The van der Waals surface area contributed by atoms with Crippen LogP contribution in [0.4, 0.5) is 0 Å². The summed E-state index contributed by atoms with van der Waals surface area (Å²) in [6, 6.07) is 4.88. The van der Waals surface area contributed by atoms with Gasteiger partial charge in [0.25, 0.3) is 0 Å². The van der Waals surface area contributed by atoms with Gasteiger partial charge in [0.15, 0.2) is 11.5 Å². The quantitative estimate of drug-likeness (QED) is 0.693. The summed E-state index contributed by atoms with van der Waals surface area (Å²) in [5.74, 6) is 0.237. The second-order valence-electron chi connectivity index (χ2n) is 7.82. The van der Waals surface area contributed by atoms with Crippen LogP contribution in [0.3, 0.4) is 0 Å². The number of phenolic OH excluding ortho intramolecular Hbond substituents is 1. The van der Waals surface area contributed by atoms with Gasteiger partial charge in [0.1, 0.15) is 0 Å². The Bertz CT molecular complexity index is 656. The molecule has 7 heteroatoms. The Morgan fingerprint density at radius 2 is 1.85 bits per heavy atom. The molecule has 1 aromatic carbocycles. The summed E-state index contributed by atoms with van der Waals surface area (Å²) in [6.07, 6.45) is 4.48. The maximum Gasteiger partial charge on any atom is 0.244 e. The molecule has 0 saturated carbocycles. The lowest BCUT2D eigenvalue weighted by molar-refractivity contribution is -0.245. The third-order valence-electron chi connectivity index (χ3n) is 4.62. The van der Waals surface area contributed by atoms with Crippen molar-refractivity contribution >= 4 is 24.4 Å². The number of hydrogen-bond donors (Lipinski definition) is 3. The number of rotatable bonds is 4. The normalized spacial score (nSPS) is 19.8. The standard InChI is InChI=1S/C19H28N2O4.ClH/c1-18(2)11-14(12-19(3,4)21(18)24)20-17(23)9-7-13-6-8-15(22)16(10-13)25-5;/h6-10,14,22,24H,11-12H2,1-5H3,(H,20,23);1H/b9-7+;. The summed E-state index contributed by atoms with van der Waals surface area (Å²) in [6.45, 7) is 7.86. The second kappa shape index (κ2) is 8.29. The number of ether oxygens (including phenoxy) is 1. The van der Waals surface area contributed by atoms with Crippen LogP contribution in [0.5, 0.6) is 11.5 Å². The van der Waals surface area contributed by atoms with E-state index in [1.165, 1.54) is 24.3 Å². The first-order valence-electron chi connectivity index (χ1n) is 8.40. The lowest BCUT2D eigenvalue weighted by Crippen LogP contribution is -2.62. The van der Waals surface area contributed by atoms with Gasteiger partial charge in [-0.3, -0.25) is 4.79 Å². The zero-order valence-electron chi connectivity index (χ0n) is 15.9. The maximum absolute atomic E-state index is 12.3.